The Labute approximate surface area is 151 Å². The fourth-order valence-electron chi connectivity index (χ4n) is 2.81. The third-order valence-electron chi connectivity index (χ3n) is 4.23. The summed E-state index contributed by atoms with van der Waals surface area (Å²) < 4.78 is 40.5. The van der Waals surface area contributed by atoms with Crippen LogP contribution in [0.15, 0.2) is 53.4 Å². The largest absolute Gasteiger partial charge is 0.336 e. The molecule has 1 heterocycles. The first kappa shape index (κ1) is 18.0. The summed E-state index contributed by atoms with van der Waals surface area (Å²) in [5, 5.41) is 8.93. The summed E-state index contributed by atoms with van der Waals surface area (Å²) in [6.07, 6.45) is 0. The Balaban J connectivity index is 1.73. The minimum Gasteiger partial charge on any atom is -0.336 e. The van der Waals surface area contributed by atoms with Gasteiger partial charge in [-0.25, -0.2) is 12.8 Å². The van der Waals surface area contributed by atoms with Gasteiger partial charge in [-0.1, -0.05) is 18.2 Å². The molecule has 2 aromatic rings. The highest BCUT2D eigenvalue weighted by Crippen LogP contribution is 2.20. The lowest BCUT2D eigenvalue weighted by atomic mass is 10.1. The number of nitriles is 1. The van der Waals surface area contributed by atoms with Crippen molar-refractivity contribution >= 4 is 15.9 Å². The van der Waals surface area contributed by atoms with Crippen molar-refractivity contribution in [2.75, 3.05) is 26.2 Å². The molecule has 0 spiro atoms. The molecule has 0 saturated carbocycles. The summed E-state index contributed by atoms with van der Waals surface area (Å²) in [6.45, 7) is 0.563. The normalized spacial score (nSPS) is 15.5. The van der Waals surface area contributed by atoms with Crippen LogP contribution in [0.5, 0.6) is 0 Å². The van der Waals surface area contributed by atoms with E-state index >= 15 is 0 Å². The molecule has 0 aliphatic carbocycles. The first-order valence-corrected chi connectivity index (χ1v) is 9.41. The second-order valence-corrected chi connectivity index (χ2v) is 7.75. The van der Waals surface area contributed by atoms with Crippen LogP contribution in [0.25, 0.3) is 0 Å². The average Bonchev–Trinajstić information content (AvgIpc) is 2.68. The topological polar surface area (TPSA) is 81.5 Å². The molecule has 0 radical (unpaired) electrons. The smallest absolute Gasteiger partial charge is 0.256 e. The molecular formula is C18H16FN3O3S. The van der Waals surface area contributed by atoms with E-state index in [1.54, 1.807) is 6.07 Å². The Morgan fingerprint density at radius 1 is 1.04 bits per heavy atom. The quantitative estimate of drug-likeness (QED) is 0.822. The summed E-state index contributed by atoms with van der Waals surface area (Å²) in [4.78, 5) is 13.9. The lowest BCUT2D eigenvalue weighted by Crippen LogP contribution is -2.50. The maximum Gasteiger partial charge on any atom is 0.256 e. The van der Waals surface area contributed by atoms with Crippen LogP contribution < -0.4 is 0 Å². The molecule has 134 valence electrons. The van der Waals surface area contributed by atoms with Crippen LogP contribution in [0.1, 0.15) is 15.9 Å². The molecule has 2 aromatic carbocycles. The SMILES string of the molecule is N#Cc1cccc(S(=O)(=O)N2CCN(C(=O)c3ccccc3F)CC2)c1. The summed E-state index contributed by atoms with van der Waals surface area (Å²) in [7, 11) is -3.75. The molecule has 8 heteroatoms. The zero-order valence-corrected chi connectivity index (χ0v) is 14.6. The maximum absolute atomic E-state index is 13.8. The Bertz CT molecular complexity index is 977. The highest BCUT2D eigenvalue weighted by molar-refractivity contribution is 7.89. The number of nitrogens with zero attached hydrogens (tertiary/aromatic N) is 3. The van der Waals surface area contributed by atoms with Gasteiger partial charge in [0.25, 0.3) is 5.91 Å². The summed E-state index contributed by atoms with van der Waals surface area (Å²) in [5.74, 6) is -1.05. The second-order valence-electron chi connectivity index (χ2n) is 5.82. The lowest BCUT2D eigenvalue weighted by molar-refractivity contribution is 0.0693. The third kappa shape index (κ3) is 3.45. The molecular weight excluding hydrogens is 357 g/mol. The van der Waals surface area contributed by atoms with E-state index in [0.717, 1.165) is 0 Å². The first-order chi connectivity index (χ1) is 12.4. The molecule has 0 aromatic heterocycles. The molecule has 0 N–H and O–H groups in total. The zero-order valence-electron chi connectivity index (χ0n) is 13.8. The first-order valence-electron chi connectivity index (χ1n) is 7.97. The van der Waals surface area contributed by atoms with Gasteiger partial charge in [0.1, 0.15) is 5.82 Å². The van der Waals surface area contributed by atoms with E-state index in [4.69, 9.17) is 5.26 Å². The van der Waals surface area contributed by atoms with E-state index in [9.17, 15) is 17.6 Å². The molecule has 0 unspecified atom stereocenters. The third-order valence-corrected chi connectivity index (χ3v) is 6.13. The predicted octanol–water partition coefficient (Wildman–Crippen LogP) is 1.84. The molecule has 0 bridgehead atoms. The standard InChI is InChI=1S/C18H16FN3O3S/c19-17-7-2-1-6-16(17)18(23)21-8-10-22(11-9-21)26(24,25)15-5-3-4-14(12-15)13-20/h1-7,12H,8-11H2. The second kappa shape index (κ2) is 7.23. The van der Waals surface area contributed by atoms with E-state index < -0.39 is 21.7 Å². The van der Waals surface area contributed by atoms with E-state index in [-0.39, 0.29) is 42.2 Å². The number of sulfonamides is 1. The molecule has 1 fully saturated rings. The lowest BCUT2D eigenvalue weighted by Gasteiger charge is -2.34. The van der Waals surface area contributed by atoms with Crippen LogP contribution in [0.3, 0.4) is 0 Å². The molecule has 1 amide bonds. The summed E-state index contributed by atoms with van der Waals surface area (Å²) in [6, 6.07) is 13.4. The molecule has 6 nitrogen and oxygen atoms in total. The number of benzene rings is 2. The molecule has 1 aliphatic rings. The van der Waals surface area contributed by atoms with Crippen molar-refractivity contribution in [3.63, 3.8) is 0 Å². The van der Waals surface area contributed by atoms with Gasteiger partial charge in [0, 0.05) is 26.2 Å². The van der Waals surface area contributed by atoms with Crippen molar-refractivity contribution in [1.82, 2.24) is 9.21 Å². The maximum atomic E-state index is 13.8. The molecule has 1 saturated heterocycles. The fraction of sp³-hybridized carbons (Fsp3) is 0.222. The Morgan fingerprint density at radius 3 is 2.38 bits per heavy atom. The minimum atomic E-state index is -3.75. The van der Waals surface area contributed by atoms with Crippen LogP contribution in [-0.2, 0) is 10.0 Å². The number of carbonyl (C=O) groups excluding carboxylic acids is 1. The van der Waals surface area contributed by atoms with E-state index in [0.29, 0.717) is 0 Å². The van der Waals surface area contributed by atoms with Crippen LogP contribution >= 0.6 is 0 Å². The van der Waals surface area contributed by atoms with Gasteiger partial charge >= 0.3 is 0 Å². The predicted molar refractivity (Wildman–Crippen MR) is 92.2 cm³/mol. The van der Waals surface area contributed by atoms with Gasteiger partial charge < -0.3 is 4.90 Å². The summed E-state index contributed by atoms with van der Waals surface area (Å²) in [5.41, 5.74) is 0.241. The number of amides is 1. The Hall–Kier alpha value is -2.76. The van der Waals surface area contributed by atoms with Crippen molar-refractivity contribution in [2.45, 2.75) is 4.90 Å². The number of halogens is 1. The number of rotatable bonds is 3. The Morgan fingerprint density at radius 2 is 1.73 bits per heavy atom. The van der Waals surface area contributed by atoms with E-state index in [2.05, 4.69) is 0 Å². The number of hydrogen-bond donors (Lipinski definition) is 0. The van der Waals surface area contributed by atoms with Crippen molar-refractivity contribution in [1.29, 1.82) is 5.26 Å². The van der Waals surface area contributed by atoms with Crippen LogP contribution in [0.4, 0.5) is 4.39 Å². The van der Waals surface area contributed by atoms with Gasteiger partial charge in [0.2, 0.25) is 10.0 Å². The average molecular weight is 373 g/mol. The van der Waals surface area contributed by atoms with Crippen molar-refractivity contribution in [3.8, 4) is 6.07 Å². The van der Waals surface area contributed by atoms with Gasteiger partial charge in [-0.3, -0.25) is 4.79 Å². The molecule has 3 rings (SSSR count). The van der Waals surface area contributed by atoms with Gasteiger partial charge in [-0.05, 0) is 30.3 Å². The van der Waals surface area contributed by atoms with Crippen LogP contribution in [0, 0.1) is 17.1 Å². The monoisotopic (exact) mass is 373 g/mol. The van der Waals surface area contributed by atoms with Gasteiger partial charge in [-0.15, -0.1) is 0 Å². The highest BCUT2D eigenvalue weighted by Gasteiger charge is 2.31. The molecule has 0 atom stereocenters. The Kier molecular flexibility index (Phi) is 5.02. The van der Waals surface area contributed by atoms with Crippen LogP contribution in [0.2, 0.25) is 0 Å². The fourth-order valence-corrected chi connectivity index (χ4v) is 4.28. The van der Waals surface area contributed by atoms with E-state index in [1.165, 1.54) is 51.7 Å². The zero-order chi connectivity index (χ0) is 18.7. The minimum absolute atomic E-state index is 0.0227. The van der Waals surface area contributed by atoms with Crippen molar-refractivity contribution < 1.29 is 17.6 Å². The number of carbonyl (C=O) groups is 1. The number of piperazine rings is 1. The van der Waals surface area contributed by atoms with Crippen molar-refractivity contribution in [2.24, 2.45) is 0 Å². The van der Waals surface area contributed by atoms with Gasteiger partial charge in [0.05, 0.1) is 22.1 Å². The van der Waals surface area contributed by atoms with E-state index in [1.807, 2.05) is 6.07 Å². The van der Waals surface area contributed by atoms with Gasteiger partial charge in [0.15, 0.2) is 0 Å². The van der Waals surface area contributed by atoms with Crippen molar-refractivity contribution in [3.05, 3.63) is 65.5 Å². The molecule has 1 aliphatic heterocycles. The number of hydrogen-bond acceptors (Lipinski definition) is 4. The highest BCUT2D eigenvalue weighted by atomic mass is 32.2. The van der Waals surface area contributed by atoms with Gasteiger partial charge in [-0.2, -0.15) is 9.57 Å². The van der Waals surface area contributed by atoms with Crippen LogP contribution in [-0.4, -0.2) is 49.7 Å². The molecule has 26 heavy (non-hydrogen) atoms. The summed E-state index contributed by atoms with van der Waals surface area (Å²) >= 11 is 0.